The minimum Gasteiger partial charge on any atom is -0.334 e. The fraction of sp³-hybridized carbons (Fsp3) is 0.567. The quantitative estimate of drug-likeness (QED) is 0.475. The average Bonchev–Trinajstić information content (AvgIpc) is 3.25. The molecule has 0 saturated heterocycles. The van der Waals surface area contributed by atoms with Gasteiger partial charge >= 0.3 is 0 Å². The van der Waals surface area contributed by atoms with E-state index in [2.05, 4.69) is 29.2 Å². The van der Waals surface area contributed by atoms with Gasteiger partial charge in [0.1, 0.15) is 10.7 Å². The molecule has 0 radical (unpaired) electrons. The number of hydrogen-bond acceptors (Lipinski definition) is 4. The van der Waals surface area contributed by atoms with Gasteiger partial charge in [-0.25, -0.2) is 4.98 Å². The molecular formula is C30H35N3O2S. The minimum absolute atomic E-state index is 0.0281. The van der Waals surface area contributed by atoms with Crippen molar-refractivity contribution in [3.8, 4) is 0 Å². The number of aromatic nitrogens is 2. The van der Waals surface area contributed by atoms with Crippen LogP contribution in [0.15, 0.2) is 35.1 Å². The summed E-state index contributed by atoms with van der Waals surface area (Å²) in [4.78, 5) is 39.8. The molecule has 0 aliphatic heterocycles. The molecule has 188 valence electrons. The Morgan fingerprint density at radius 2 is 1.72 bits per heavy atom. The van der Waals surface area contributed by atoms with E-state index < -0.39 is 0 Å². The Hall–Kier alpha value is -2.47. The van der Waals surface area contributed by atoms with Crippen LogP contribution in [0, 0.1) is 23.2 Å². The standard InChI is InChI=1S/C30H35N3O2S/c34-27-26-23-8-4-5-9-24(23)36-28(26)32-25(31-27)18-33(11-10-19-6-2-1-3-7-19)29(35)30-15-20-12-21(16-30)14-22(13-20)17-30/h1-3,6-7,20-22H,4-5,8-18H2,(H,31,32,34). The van der Waals surface area contributed by atoms with Crippen molar-refractivity contribution < 1.29 is 4.79 Å². The number of fused-ring (bicyclic) bond motifs is 3. The number of thiophene rings is 1. The number of nitrogens with one attached hydrogen (secondary N) is 1. The third-order valence-corrected chi connectivity index (χ3v) is 10.7. The predicted octanol–water partition coefficient (Wildman–Crippen LogP) is 5.65. The summed E-state index contributed by atoms with van der Waals surface area (Å²) in [5, 5.41) is 0.793. The number of rotatable bonds is 6. The molecule has 2 heterocycles. The van der Waals surface area contributed by atoms with Gasteiger partial charge in [-0.1, -0.05) is 30.3 Å². The van der Waals surface area contributed by atoms with Crippen molar-refractivity contribution in [2.75, 3.05) is 6.54 Å². The van der Waals surface area contributed by atoms with E-state index in [-0.39, 0.29) is 11.0 Å². The molecule has 4 saturated carbocycles. The van der Waals surface area contributed by atoms with E-state index in [1.807, 2.05) is 11.0 Å². The zero-order chi connectivity index (χ0) is 24.3. The number of amides is 1. The molecule has 0 unspecified atom stereocenters. The molecule has 5 nitrogen and oxygen atoms in total. The lowest BCUT2D eigenvalue weighted by molar-refractivity contribution is -0.158. The summed E-state index contributed by atoms with van der Waals surface area (Å²) < 4.78 is 0. The topological polar surface area (TPSA) is 66.1 Å². The molecule has 36 heavy (non-hydrogen) atoms. The van der Waals surface area contributed by atoms with Gasteiger partial charge < -0.3 is 9.88 Å². The van der Waals surface area contributed by atoms with Crippen molar-refractivity contribution in [3.63, 3.8) is 0 Å². The van der Waals surface area contributed by atoms with Crippen LogP contribution in [0.3, 0.4) is 0 Å². The number of nitrogens with zero attached hydrogens (tertiary/aromatic N) is 2. The number of benzene rings is 1. The van der Waals surface area contributed by atoms with Gasteiger partial charge in [-0.2, -0.15) is 0 Å². The molecule has 6 heteroatoms. The lowest BCUT2D eigenvalue weighted by Crippen LogP contribution is -2.54. The molecule has 0 atom stereocenters. The fourth-order valence-corrected chi connectivity index (χ4v) is 9.61. The number of carbonyl (C=O) groups is 1. The van der Waals surface area contributed by atoms with Gasteiger partial charge in [0.2, 0.25) is 5.91 Å². The lowest BCUT2D eigenvalue weighted by Gasteiger charge is -2.56. The molecule has 0 spiro atoms. The Morgan fingerprint density at radius 1 is 1.03 bits per heavy atom. The van der Waals surface area contributed by atoms with Crippen molar-refractivity contribution >= 4 is 27.5 Å². The molecule has 3 aromatic rings. The van der Waals surface area contributed by atoms with E-state index in [4.69, 9.17) is 4.98 Å². The molecule has 5 aliphatic carbocycles. The first kappa shape index (κ1) is 22.7. The first-order valence-electron chi connectivity index (χ1n) is 13.9. The van der Waals surface area contributed by atoms with Gasteiger partial charge in [0.15, 0.2) is 0 Å². The van der Waals surface area contributed by atoms with Crippen molar-refractivity contribution in [1.82, 2.24) is 14.9 Å². The Balaban J connectivity index is 1.21. The lowest BCUT2D eigenvalue weighted by atomic mass is 9.49. The van der Waals surface area contributed by atoms with Gasteiger partial charge in [-0.05, 0) is 99.5 Å². The van der Waals surface area contributed by atoms with Gasteiger partial charge in [-0.3, -0.25) is 9.59 Å². The van der Waals surface area contributed by atoms with Crippen LogP contribution in [0.5, 0.6) is 0 Å². The summed E-state index contributed by atoms with van der Waals surface area (Å²) in [5.74, 6) is 3.12. The maximum absolute atomic E-state index is 14.3. The van der Waals surface area contributed by atoms with E-state index >= 15 is 0 Å². The predicted molar refractivity (Wildman–Crippen MR) is 143 cm³/mol. The Kier molecular flexibility index (Phi) is 5.57. The molecule has 8 rings (SSSR count). The summed E-state index contributed by atoms with van der Waals surface area (Å²) in [6, 6.07) is 10.4. The average molecular weight is 502 g/mol. The van der Waals surface area contributed by atoms with Crippen LogP contribution >= 0.6 is 11.3 Å². The number of aromatic amines is 1. The molecule has 1 amide bonds. The second-order valence-corrected chi connectivity index (χ2v) is 13.1. The molecule has 2 aromatic heterocycles. The van der Waals surface area contributed by atoms with Gasteiger partial charge in [0.05, 0.1) is 17.3 Å². The normalized spacial score (nSPS) is 28.4. The second-order valence-electron chi connectivity index (χ2n) is 12.1. The highest BCUT2D eigenvalue weighted by atomic mass is 32.1. The van der Waals surface area contributed by atoms with Crippen LogP contribution in [-0.2, 0) is 30.6 Å². The molecule has 5 aliphatic rings. The largest absolute Gasteiger partial charge is 0.334 e. The van der Waals surface area contributed by atoms with Crippen molar-refractivity contribution in [1.29, 1.82) is 0 Å². The first-order valence-corrected chi connectivity index (χ1v) is 14.7. The van der Waals surface area contributed by atoms with Crippen molar-refractivity contribution in [2.45, 2.75) is 77.2 Å². The van der Waals surface area contributed by atoms with Crippen molar-refractivity contribution in [2.24, 2.45) is 23.2 Å². The molecule has 4 fully saturated rings. The molecule has 1 N–H and O–H groups in total. The third-order valence-electron chi connectivity index (χ3n) is 9.51. The maximum atomic E-state index is 14.3. The summed E-state index contributed by atoms with van der Waals surface area (Å²) in [6.07, 6.45) is 12.3. The highest BCUT2D eigenvalue weighted by Gasteiger charge is 2.55. The third kappa shape index (κ3) is 3.93. The number of carbonyl (C=O) groups excluding carboxylic acids is 1. The summed E-state index contributed by atoms with van der Waals surface area (Å²) in [5.41, 5.74) is 2.23. The summed E-state index contributed by atoms with van der Waals surface area (Å²) in [7, 11) is 0. The van der Waals surface area contributed by atoms with E-state index in [1.54, 1.807) is 11.3 Å². The Bertz CT molecular complexity index is 1320. The Morgan fingerprint density at radius 3 is 2.44 bits per heavy atom. The van der Waals surface area contributed by atoms with Crippen LogP contribution in [-0.4, -0.2) is 27.3 Å². The Labute approximate surface area is 216 Å². The SMILES string of the molecule is O=C(N(CCc1ccccc1)Cc1nc2sc3c(c2c(=O)[nH]1)CCCC3)C12CC3CC(CC(C3)C1)C2. The molecule has 1 aromatic carbocycles. The second kappa shape index (κ2) is 8.83. The van der Waals surface area contributed by atoms with E-state index in [1.165, 1.54) is 41.7 Å². The molecule has 4 bridgehead atoms. The van der Waals surface area contributed by atoms with Gasteiger partial charge in [0.25, 0.3) is 5.56 Å². The van der Waals surface area contributed by atoms with Crippen LogP contribution in [0.4, 0.5) is 0 Å². The number of H-pyrrole nitrogens is 1. The summed E-state index contributed by atoms with van der Waals surface area (Å²) >= 11 is 1.69. The maximum Gasteiger partial charge on any atom is 0.259 e. The number of aryl methyl sites for hydroxylation is 2. The fourth-order valence-electron chi connectivity index (χ4n) is 8.33. The van der Waals surface area contributed by atoms with Crippen LogP contribution in [0.1, 0.15) is 73.2 Å². The highest BCUT2D eigenvalue weighted by molar-refractivity contribution is 7.18. The van der Waals surface area contributed by atoms with E-state index in [9.17, 15) is 9.59 Å². The van der Waals surface area contributed by atoms with E-state index in [0.29, 0.717) is 24.8 Å². The summed E-state index contributed by atoms with van der Waals surface area (Å²) in [6.45, 7) is 1.05. The highest BCUT2D eigenvalue weighted by Crippen LogP contribution is 2.60. The minimum atomic E-state index is -0.197. The first-order chi connectivity index (χ1) is 17.6. The zero-order valence-electron chi connectivity index (χ0n) is 20.9. The van der Waals surface area contributed by atoms with E-state index in [0.717, 1.165) is 72.9 Å². The van der Waals surface area contributed by atoms with Crippen LogP contribution in [0.2, 0.25) is 0 Å². The van der Waals surface area contributed by atoms with Crippen molar-refractivity contribution in [3.05, 3.63) is 62.5 Å². The van der Waals surface area contributed by atoms with Gasteiger partial charge in [-0.15, -0.1) is 11.3 Å². The number of hydrogen-bond donors (Lipinski definition) is 1. The smallest absolute Gasteiger partial charge is 0.259 e. The van der Waals surface area contributed by atoms with Gasteiger partial charge in [0, 0.05) is 11.4 Å². The molecular weight excluding hydrogens is 466 g/mol. The van der Waals surface area contributed by atoms with Crippen LogP contribution in [0.25, 0.3) is 10.2 Å². The monoisotopic (exact) mass is 501 g/mol. The van der Waals surface area contributed by atoms with Crippen LogP contribution < -0.4 is 5.56 Å². The zero-order valence-corrected chi connectivity index (χ0v) is 21.7.